The molecule has 0 spiro atoms. The fourth-order valence-electron chi connectivity index (χ4n) is 2.73. The zero-order valence-electron chi connectivity index (χ0n) is 12.8. The quantitative estimate of drug-likeness (QED) is 0.734. The summed E-state index contributed by atoms with van der Waals surface area (Å²) in [6, 6.07) is 3.67. The lowest BCUT2D eigenvalue weighted by molar-refractivity contribution is 0.0396. The molecule has 1 fully saturated rings. The highest BCUT2D eigenvalue weighted by Gasteiger charge is 2.24. The van der Waals surface area contributed by atoms with Crippen LogP contribution in [0.15, 0.2) is 30.2 Å². The molecular weight excluding hydrogens is 328 g/mol. The summed E-state index contributed by atoms with van der Waals surface area (Å²) in [5.41, 5.74) is 1.47. The Morgan fingerprint density at radius 1 is 1.46 bits per heavy atom. The van der Waals surface area contributed by atoms with Gasteiger partial charge in [0.05, 0.1) is 23.9 Å². The Labute approximate surface area is 141 Å². The van der Waals surface area contributed by atoms with Crippen LogP contribution in [0.2, 0.25) is 0 Å². The van der Waals surface area contributed by atoms with Gasteiger partial charge in [0.25, 0.3) is 5.91 Å². The highest BCUT2D eigenvalue weighted by atomic mass is 32.1. The second-order valence-electron chi connectivity index (χ2n) is 5.42. The number of hydrogen-bond acceptors (Lipinski definition) is 7. The van der Waals surface area contributed by atoms with Crippen molar-refractivity contribution in [1.29, 1.82) is 0 Å². The number of amides is 1. The Bertz CT molecular complexity index is 833. The number of nitrogens with zero attached hydrogens (tertiary/aromatic N) is 4. The second-order valence-corrected chi connectivity index (χ2v) is 6.37. The highest BCUT2D eigenvalue weighted by Crippen LogP contribution is 2.21. The first-order valence-corrected chi connectivity index (χ1v) is 8.51. The van der Waals surface area contributed by atoms with Crippen LogP contribution < -0.4 is 10.2 Å². The van der Waals surface area contributed by atoms with E-state index >= 15 is 0 Å². The van der Waals surface area contributed by atoms with Gasteiger partial charge in [-0.25, -0.2) is 15.0 Å². The molecule has 3 aromatic heterocycles. The fraction of sp³-hybridized carbons (Fsp3) is 0.333. The van der Waals surface area contributed by atoms with E-state index < -0.39 is 0 Å². The zero-order valence-corrected chi connectivity index (χ0v) is 13.6. The molecule has 2 N–H and O–H groups in total. The summed E-state index contributed by atoms with van der Waals surface area (Å²) in [5, 5.41) is 4.81. The Morgan fingerprint density at radius 2 is 2.42 bits per heavy atom. The summed E-state index contributed by atoms with van der Waals surface area (Å²) >= 11 is 1.43. The van der Waals surface area contributed by atoms with Crippen LogP contribution in [0.4, 0.5) is 5.82 Å². The van der Waals surface area contributed by atoms with E-state index in [2.05, 4.69) is 30.2 Å². The molecule has 24 heavy (non-hydrogen) atoms. The average Bonchev–Trinajstić information content (AvgIpc) is 3.30. The Hall–Kier alpha value is -2.52. The molecule has 1 aliphatic heterocycles. The Balaban J connectivity index is 1.42. The van der Waals surface area contributed by atoms with Crippen LogP contribution in [-0.4, -0.2) is 58.2 Å². The number of aromatic nitrogens is 4. The van der Waals surface area contributed by atoms with Gasteiger partial charge in [0.2, 0.25) is 0 Å². The number of carbonyl (C=O) groups is 1. The first-order chi connectivity index (χ1) is 11.8. The molecule has 1 unspecified atom stereocenters. The van der Waals surface area contributed by atoms with Crippen molar-refractivity contribution >= 4 is 34.2 Å². The van der Waals surface area contributed by atoms with E-state index in [4.69, 9.17) is 4.74 Å². The molecule has 1 saturated heterocycles. The van der Waals surface area contributed by atoms with E-state index in [0.717, 1.165) is 17.9 Å². The topological polar surface area (TPSA) is 96.0 Å². The van der Waals surface area contributed by atoms with Crippen molar-refractivity contribution < 1.29 is 9.53 Å². The van der Waals surface area contributed by atoms with Gasteiger partial charge in [0.1, 0.15) is 11.8 Å². The first-order valence-electron chi connectivity index (χ1n) is 7.63. The second kappa shape index (κ2) is 6.54. The molecule has 1 amide bonds. The van der Waals surface area contributed by atoms with Gasteiger partial charge in [-0.3, -0.25) is 4.79 Å². The molecule has 0 saturated carbocycles. The van der Waals surface area contributed by atoms with Crippen molar-refractivity contribution in [3.63, 3.8) is 0 Å². The lowest BCUT2D eigenvalue weighted by Crippen LogP contribution is -2.48. The number of nitrogens with one attached hydrogen (secondary N) is 2. The normalized spacial score (nSPS) is 18.0. The van der Waals surface area contributed by atoms with Gasteiger partial charge in [0, 0.05) is 19.6 Å². The molecule has 0 aliphatic carbocycles. The predicted molar refractivity (Wildman–Crippen MR) is 90.3 cm³/mol. The van der Waals surface area contributed by atoms with Crippen LogP contribution >= 0.6 is 11.3 Å². The summed E-state index contributed by atoms with van der Waals surface area (Å²) in [5.74, 6) is 0.749. The molecule has 8 nitrogen and oxygen atoms in total. The van der Waals surface area contributed by atoms with E-state index in [1.54, 1.807) is 6.33 Å². The third kappa shape index (κ3) is 2.95. The van der Waals surface area contributed by atoms with Gasteiger partial charge in [-0.15, -0.1) is 11.3 Å². The summed E-state index contributed by atoms with van der Waals surface area (Å²) in [7, 11) is 0. The molecule has 0 aromatic carbocycles. The van der Waals surface area contributed by atoms with E-state index in [9.17, 15) is 4.79 Å². The Morgan fingerprint density at radius 3 is 3.29 bits per heavy atom. The van der Waals surface area contributed by atoms with Gasteiger partial charge in [0.15, 0.2) is 11.5 Å². The van der Waals surface area contributed by atoms with Crippen molar-refractivity contribution in [2.24, 2.45) is 0 Å². The van der Waals surface area contributed by atoms with Crippen molar-refractivity contribution in [3.8, 4) is 0 Å². The maximum Gasteiger partial charge on any atom is 0.261 e. The molecule has 9 heteroatoms. The number of thiophene rings is 1. The van der Waals surface area contributed by atoms with E-state index in [-0.39, 0.29) is 12.0 Å². The van der Waals surface area contributed by atoms with Crippen molar-refractivity contribution in [2.45, 2.75) is 6.10 Å². The first kappa shape index (κ1) is 15.0. The van der Waals surface area contributed by atoms with Crippen LogP contribution in [0.5, 0.6) is 0 Å². The minimum atomic E-state index is -0.0874. The third-order valence-electron chi connectivity index (χ3n) is 3.88. The van der Waals surface area contributed by atoms with Crippen LogP contribution in [0.1, 0.15) is 9.67 Å². The SMILES string of the molecule is O=C(NCC1CN(c2ncnc3nc[nH]c23)CCO1)c1cccs1. The fourth-order valence-corrected chi connectivity index (χ4v) is 3.37. The van der Waals surface area contributed by atoms with Gasteiger partial charge in [-0.2, -0.15) is 0 Å². The summed E-state index contributed by atoms with van der Waals surface area (Å²) in [6.07, 6.45) is 3.04. The number of H-pyrrole nitrogens is 1. The molecule has 0 bridgehead atoms. The van der Waals surface area contributed by atoms with Gasteiger partial charge in [-0.1, -0.05) is 6.07 Å². The highest BCUT2D eigenvalue weighted by molar-refractivity contribution is 7.12. The number of hydrogen-bond donors (Lipinski definition) is 2. The number of morpholine rings is 1. The average molecular weight is 344 g/mol. The third-order valence-corrected chi connectivity index (χ3v) is 4.75. The van der Waals surface area contributed by atoms with Crippen molar-refractivity contribution in [3.05, 3.63) is 35.0 Å². The van der Waals surface area contributed by atoms with Gasteiger partial charge >= 0.3 is 0 Å². The standard InChI is InChI=1S/C15H16N6O2S/c22-15(11-2-1-5-24-11)16-6-10-7-21(3-4-23-10)14-12-13(18-8-17-12)19-9-20-14/h1-2,5,8-10H,3-4,6-7H2,(H,16,22)(H,17,18,19,20). The van der Waals surface area contributed by atoms with Crippen LogP contribution in [0.25, 0.3) is 11.2 Å². The number of fused-ring (bicyclic) bond motifs is 1. The molecule has 1 atom stereocenters. The number of imidazole rings is 1. The number of rotatable bonds is 4. The van der Waals surface area contributed by atoms with Crippen LogP contribution in [0, 0.1) is 0 Å². The smallest absolute Gasteiger partial charge is 0.261 e. The molecule has 4 rings (SSSR count). The lowest BCUT2D eigenvalue weighted by atomic mass is 10.2. The minimum absolute atomic E-state index is 0.0660. The van der Waals surface area contributed by atoms with Crippen LogP contribution in [-0.2, 0) is 4.74 Å². The van der Waals surface area contributed by atoms with Crippen LogP contribution in [0.3, 0.4) is 0 Å². The zero-order chi connectivity index (χ0) is 16.4. The van der Waals surface area contributed by atoms with E-state index in [1.165, 1.54) is 17.7 Å². The summed E-state index contributed by atoms with van der Waals surface area (Å²) in [4.78, 5) is 30.6. The van der Waals surface area contributed by atoms with Gasteiger partial charge in [-0.05, 0) is 11.4 Å². The monoisotopic (exact) mass is 344 g/mol. The Kier molecular flexibility index (Phi) is 4.09. The maximum absolute atomic E-state index is 12.0. The minimum Gasteiger partial charge on any atom is -0.373 e. The molecule has 124 valence electrons. The molecular formula is C15H16N6O2S. The number of ether oxygens (including phenoxy) is 1. The molecule has 1 aliphatic rings. The summed E-state index contributed by atoms with van der Waals surface area (Å²) in [6.45, 7) is 2.43. The molecule has 4 heterocycles. The number of carbonyl (C=O) groups excluding carboxylic acids is 1. The molecule has 0 radical (unpaired) electrons. The van der Waals surface area contributed by atoms with E-state index in [0.29, 0.717) is 30.2 Å². The van der Waals surface area contributed by atoms with E-state index in [1.807, 2.05) is 17.5 Å². The maximum atomic E-state index is 12.0. The van der Waals surface area contributed by atoms with Crippen molar-refractivity contribution in [1.82, 2.24) is 25.3 Å². The largest absolute Gasteiger partial charge is 0.373 e. The molecule has 3 aromatic rings. The van der Waals surface area contributed by atoms with Gasteiger partial charge < -0.3 is 19.9 Å². The van der Waals surface area contributed by atoms with Crippen molar-refractivity contribution in [2.75, 3.05) is 31.1 Å². The number of anilines is 1. The number of aromatic amines is 1. The lowest BCUT2D eigenvalue weighted by Gasteiger charge is -2.33. The predicted octanol–water partition coefficient (Wildman–Crippen LogP) is 1.05. The summed E-state index contributed by atoms with van der Waals surface area (Å²) < 4.78 is 5.77.